The van der Waals surface area contributed by atoms with Crippen molar-refractivity contribution in [1.82, 2.24) is 0 Å². The van der Waals surface area contributed by atoms with Gasteiger partial charge in [-0.05, 0) is 12.1 Å². The molecule has 0 unspecified atom stereocenters. The molecule has 4 nitrogen and oxygen atoms in total. The van der Waals surface area contributed by atoms with Gasteiger partial charge in [0.05, 0.1) is 12.7 Å². The van der Waals surface area contributed by atoms with Crippen molar-refractivity contribution in [3.63, 3.8) is 0 Å². The summed E-state index contributed by atoms with van der Waals surface area (Å²) in [5.74, 6) is -0.321. The molecule has 0 aliphatic carbocycles. The van der Waals surface area contributed by atoms with Gasteiger partial charge in [0.1, 0.15) is 6.42 Å². The lowest BCUT2D eigenvalue weighted by atomic mass is 10.2. The number of benzene rings is 1. The Kier molecular flexibility index (Phi) is 4.96. The molecule has 1 aromatic rings. The molecule has 0 aliphatic heterocycles. The SMILES string of the molecule is COCc1ccc(Br)cc1NC(=O)CC#N. The molecule has 1 N–H and O–H groups in total. The largest absolute Gasteiger partial charge is 0.380 e. The normalized spacial score (nSPS) is 9.56. The van der Waals surface area contributed by atoms with Gasteiger partial charge in [0.25, 0.3) is 0 Å². The second kappa shape index (κ2) is 6.26. The number of hydrogen-bond acceptors (Lipinski definition) is 3. The molecule has 0 heterocycles. The lowest BCUT2D eigenvalue weighted by Gasteiger charge is -2.10. The number of nitriles is 1. The van der Waals surface area contributed by atoms with Crippen molar-refractivity contribution >= 4 is 27.5 Å². The fourth-order valence-corrected chi connectivity index (χ4v) is 1.57. The van der Waals surface area contributed by atoms with Gasteiger partial charge in [-0.3, -0.25) is 4.79 Å². The van der Waals surface area contributed by atoms with Crippen molar-refractivity contribution in [2.75, 3.05) is 12.4 Å². The number of halogens is 1. The number of anilines is 1. The number of carbonyl (C=O) groups excluding carboxylic acids is 1. The first-order chi connectivity index (χ1) is 7.67. The lowest BCUT2D eigenvalue weighted by Crippen LogP contribution is -2.12. The number of hydrogen-bond donors (Lipinski definition) is 1. The van der Waals surface area contributed by atoms with Crippen LogP contribution in [0.1, 0.15) is 12.0 Å². The molecular weight excluding hydrogens is 272 g/mol. The minimum Gasteiger partial charge on any atom is -0.380 e. The van der Waals surface area contributed by atoms with Crippen LogP contribution in [0, 0.1) is 11.3 Å². The zero-order valence-electron chi connectivity index (χ0n) is 8.79. The highest BCUT2D eigenvalue weighted by Crippen LogP contribution is 2.22. The summed E-state index contributed by atoms with van der Waals surface area (Å²) in [5.41, 5.74) is 1.54. The van der Waals surface area contributed by atoms with Gasteiger partial charge in [-0.25, -0.2) is 0 Å². The van der Waals surface area contributed by atoms with Crippen LogP contribution < -0.4 is 5.32 Å². The molecule has 1 amide bonds. The quantitative estimate of drug-likeness (QED) is 0.923. The van der Waals surface area contributed by atoms with E-state index < -0.39 is 0 Å². The Balaban J connectivity index is 2.88. The van der Waals surface area contributed by atoms with Crippen molar-refractivity contribution in [3.8, 4) is 6.07 Å². The summed E-state index contributed by atoms with van der Waals surface area (Å²) in [6, 6.07) is 7.31. The molecule has 0 aromatic heterocycles. The first-order valence-electron chi connectivity index (χ1n) is 4.61. The Morgan fingerprint density at radius 3 is 3.00 bits per heavy atom. The molecule has 16 heavy (non-hydrogen) atoms. The molecule has 84 valence electrons. The molecule has 1 rings (SSSR count). The second-order valence-corrected chi connectivity index (χ2v) is 4.03. The molecule has 0 saturated carbocycles. The second-order valence-electron chi connectivity index (χ2n) is 3.12. The number of nitrogens with zero attached hydrogens (tertiary/aromatic N) is 1. The van der Waals surface area contributed by atoms with E-state index in [-0.39, 0.29) is 12.3 Å². The maximum absolute atomic E-state index is 11.3. The van der Waals surface area contributed by atoms with E-state index in [0.29, 0.717) is 12.3 Å². The summed E-state index contributed by atoms with van der Waals surface area (Å²) in [5, 5.41) is 11.1. The summed E-state index contributed by atoms with van der Waals surface area (Å²) in [6.07, 6.45) is -0.154. The van der Waals surface area contributed by atoms with Crippen LogP contribution in [-0.2, 0) is 16.1 Å². The van der Waals surface area contributed by atoms with E-state index in [1.54, 1.807) is 19.2 Å². The van der Waals surface area contributed by atoms with Crippen LogP contribution in [0.2, 0.25) is 0 Å². The Hall–Kier alpha value is -1.38. The molecule has 0 aliphatic rings. The zero-order valence-corrected chi connectivity index (χ0v) is 10.4. The molecule has 0 saturated heterocycles. The van der Waals surface area contributed by atoms with E-state index in [1.165, 1.54) is 0 Å². The summed E-state index contributed by atoms with van der Waals surface area (Å²) in [4.78, 5) is 11.3. The number of rotatable bonds is 4. The Morgan fingerprint density at radius 2 is 2.38 bits per heavy atom. The highest BCUT2D eigenvalue weighted by Gasteiger charge is 2.07. The van der Waals surface area contributed by atoms with Gasteiger partial charge in [-0.15, -0.1) is 0 Å². The minimum atomic E-state index is -0.321. The first kappa shape index (κ1) is 12.7. The molecule has 0 atom stereocenters. The third kappa shape index (κ3) is 3.65. The number of amides is 1. The Labute approximate surface area is 102 Å². The molecular formula is C11H11BrN2O2. The minimum absolute atomic E-state index is 0.154. The fourth-order valence-electron chi connectivity index (χ4n) is 1.21. The number of carbonyl (C=O) groups is 1. The molecule has 1 aromatic carbocycles. The smallest absolute Gasteiger partial charge is 0.238 e. The number of ether oxygens (including phenoxy) is 1. The zero-order chi connectivity index (χ0) is 12.0. The number of nitrogens with one attached hydrogen (secondary N) is 1. The van der Waals surface area contributed by atoms with Gasteiger partial charge in [0, 0.05) is 22.8 Å². The van der Waals surface area contributed by atoms with E-state index in [1.807, 2.05) is 12.1 Å². The summed E-state index contributed by atoms with van der Waals surface area (Å²) in [6.45, 7) is 0.412. The molecule has 0 bridgehead atoms. The molecule has 0 radical (unpaired) electrons. The lowest BCUT2D eigenvalue weighted by molar-refractivity contribution is -0.115. The van der Waals surface area contributed by atoms with Crippen LogP contribution in [-0.4, -0.2) is 13.0 Å². The fraction of sp³-hybridized carbons (Fsp3) is 0.273. The third-order valence-electron chi connectivity index (χ3n) is 1.89. The van der Waals surface area contributed by atoms with Crippen LogP contribution >= 0.6 is 15.9 Å². The van der Waals surface area contributed by atoms with E-state index in [9.17, 15) is 4.79 Å². The van der Waals surface area contributed by atoms with Gasteiger partial charge < -0.3 is 10.1 Å². The maximum atomic E-state index is 11.3. The van der Waals surface area contributed by atoms with Gasteiger partial charge >= 0.3 is 0 Å². The predicted molar refractivity (Wildman–Crippen MR) is 63.7 cm³/mol. The summed E-state index contributed by atoms with van der Waals surface area (Å²) in [7, 11) is 1.59. The van der Waals surface area contributed by atoms with Crippen molar-refractivity contribution in [3.05, 3.63) is 28.2 Å². The Morgan fingerprint density at radius 1 is 1.62 bits per heavy atom. The van der Waals surface area contributed by atoms with Crippen LogP contribution in [0.4, 0.5) is 5.69 Å². The predicted octanol–water partition coefficient (Wildman–Crippen LogP) is 2.45. The van der Waals surface area contributed by atoms with E-state index in [2.05, 4.69) is 21.2 Å². The van der Waals surface area contributed by atoms with Crippen LogP contribution in [0.25, 0.3) is 0 Å². The van der Waals surface area contributed by atoms with Crippen LogP contribution in [0.15, 0.2) is 22.7 Å². The summed E-state index contributed by atoms with van der Waals surface area (Å²) < 4.78 is 5.88. The van der Waals surface area contributed by atoms with E-state index >= 15 is 0 Å². The molecule has 0 spiro atoms. The van der Waals surface area contributed by atoms with E-state index in [0.717, 1.165) is 10.0 Å². The van der Waals surface area contributed by atoms with Crippen LogP contribution in [0.3, 0.4) is 0 Å². The average Bonchev–Trinajstić information content (AvgIpc) is 2.22. The molecule has 5 heteroatoms. The van der Waals surface area contributed by atoms with Gasteiger partial charge in [0.2, 0.25) is 5.91 Å². The van der Waals surface area contributed by atoms with Gasteiger partial charge in [-0.1, -0.05) is 22.0 Å². The van der Waals surface area contributed by atoms with Crippen LogP contribution in [0.5, 0.6) is 0 Å². The van der Waals surface area contributed by atoms with Crippen molar-refractivity contribution < 1.29 is 9.53 Å². The molecule has 0 fully saturated rings. The topological polar surface area (TPSA) is 62.1 Å². The first-order valence-corrected chi connectivity index (χ1v) is 5.41. The highest BCUT2D eigenvalue weighted by molar-refractivity contribution is 9.10. The van der Waals surface area contributed by atoms with Crippen molar-refractivity contribution in [1.29, 1.82) is 5.26 Å². The van der Waals surface area contributed by atoms with E-state index in [4.69, 9.17) is 10.00 Å². The monoisotopic (exact) mass is 282 g/mol. The van der Waals surface area contributed by atoms with Crippen molar-refractivity contribution in [2.24, 2.45) is 0 Å². The maximum Gasteiger partial charge on any atom is 0.238 e. The summed E-state index contributed by atoms with van der Waals surface area (Å²) >= 11 is 3.32. The standard InChI is InChI=1S/C11H11BrN2O2/c1-16-7-8-2-3-9(12)6-10(8)14-11(15)4-5-13/h2-3,6H,4,7H2,1H3,(H,14,15). The average molecular weight is 283 g/mol. The number of methoxy groups -OCH3 is 1. The van der Waals surface area contributed by atoms with Gasteiger partial charge in [0.15, 0.2) is 0 Å². The third-order valence-corrected chi connectivity index (χ3v) is 2.38. The van der Waals surface area contributed by atoms with Crippen molar-refractivity contribution in [2.45, 2.75) is 13.0 Å². The van der Waals surface area contributed by atoms with Gasteiger partial charge in [-0.2, -0.15) is 5.26 Å². The Bertz CT molecular complexity index is 426. The highest BCUT2D eigenvalue weighted by atomic mass is 79.9.